The number of terminal acetylenes is 1. The molecule has 116 valence electrons. The number of halogens is 1. The molecule has 0 N–H and O–H groups in total. The van der Waals surface area contributed by atoms with Crippen molar-refractivity contribution < 1.29 is 4.79 Å². The number of rotatable bonds is 3. The maximum absolute atomic E-state index is 12.6. The molecule has 0 radical (unpaired) electrons. The zero-order valence-corrected chi connectivity index (χ0v) is 13.4. The number of carbonyl (C=O) groups excluding carboxylic acids is 1. The van der Waals surface area contributed by atoms with Crippen molar-refractivity contribution in [3.05, 3.63) is 84.2 Å². The van der Waals surface area contributed by atoms with Crippen molar-refractivity contribution in [2.75, 3.05) is 4.42 Å². The van der Waals surface area contributed by atoms with Gasteiger partial charge in [0.15, 0.2) is 0 Å². The molecule has 3 aromatic rings. The van der Waals surface area contributed by atoms with E-state index >= 15 is 0 Å². The third-order valence-electron chi connectivity index (χ3n) is 3.56. The molecule has 0 saturated heterocycles. The first kappa shape index (κ1) is 15.8. The van der Waals surface area contributed by atoms with Crippen molar-refractivity contribution in [3.8, 4) is 23.5 Å². The minimum Gasteiger partial charge on any atom is -0.267 e. The average Bonchev–Trinajstić information content (AvgIpc) is 2.67. The number of aromatic nitrogens is 1. The summed E-state index contributed by atoms with van der Waals surface area (Å²) in [6.07, 6.45) is 8.49. The number of anilines is 1. The summed E-state index contributed by atoms with van der Waals surface area (Å²) in [6, 6.07) is 18.3. The molecule has 24 heavy (non-hydrogen) atoms. The van der Waals surface area contributed by atoms with Gasteiger partial charge in [0.05, 0.1) is 11.3 Å². The average molecular weight is 333 g/mol. The van der Waals surface area contributed by atoms with Crippen molar-refractivity contribution in [1.29, 1.82) is 0 Å². The van der Waals surface area contributed by atoms with E-state index in [0.29, 0.717) is 11.3 Å². The second-order valence-corrected chi connectivity index (χ2v) is 5.40. The number of hydrogen-bond donors (Lipinski definition) is 0. The van der Waals surface area contributed by atoms with Crippen LogP contribution < -0.4 is 4.42 Å². The number of benzene rings is 2. The summed E-state index contributed by atoms with van der Waals surface area (Å²) in [5.74, 6) is 2.25. The van der Waals surface area contributed by atoms with Gasteiger partial charge in [0.2, 0.25) is 0 Å². The summed E-state index contributed by atoms with van der Waals surface area (Å²) in [4.78, 5) is 16.5. The Balaban J connectivity index is 1.99. The van der Waals surface area contributed by atoms with Crippen LogP contribution in [0.1, 0.15) is 15.9 Å². The van der Waals surface area contributed by atoms with Gasteiger partial charge >= 0.3 is 0 Å². The molecule has 0 spiro atoms. The molecule has 2 aromatic carbocycles. The van der Waals surface area contributed by atoms with Gasteiger partial charge in [0.1, 0.15) is 0 Å². The van der Waals surface area contributed by atoms with Gasteiger partial charge in [-0.3, -0.25) is 9.78 Å². The van der Waals surface area contributed by atoms with E-state index in [-0.39, 0.29) is 5.91 Å². The summed E-state index contributed by atoms with van der Waals surface area (Å²) >= 11 is 6.33. The van der Waals surface area contributed by atoms with Gasteiger partial charge in [-0.2, -0.15) is 0 Å². The Hall–Kier alpha value is -3.09. The highest BCUT2D eigenvalue weighted by atomic mass is 35.5. The molecule has 0 bridgehead atoms. The lowest BCUT2D eigenvalue weighted by Crippen LogP contribution is -2.21. The molecule has 0 saturated carbocycles. The molecule has 0 aliphatic heterocycles. The highest BCUT2D eigenvalue weighted by molar-refractivity contribution is 6.40. The lowest BCUT2D eigenvalue weighted by Gasteiger charge is -2.18. The van der Waals surface area contributed by atoms with Crippen LogP contribution >= 0.6 is 11.8 Å². The Labute approximate surface area is 145 Å². The van der Waals surface area contributed by atoms with E-state index in [1.54, 1.807) is 24.4 Å². The van der Waals surface area contributed by atoms with Crippen LogP contribution in [0.2, 0.25) is 0 Å². The highest BCUT2D eigenvalue weighted by Crippen LogP contribution is 2.32. The monoisotopic (exact) mass is 332 g/mol. The highest BCUT2D eigenvalue weighted by Gasteiger charge is 2.19. The first-order valence-corrected chi connectivity index (χ1v) is 7.61. The summed E-state index contributed by atoms with van der Waals surface area (Å²) in [5.41, 5.74) is 3.58. The van der Waals surface area contributed by atoms with Crippen LogP contribution in [0.4, 0.5) is 5.69 Å². The number of nitrogens with zero attached hydrogens (tertiary/aromatic N) is 2. The zero-order valence-electron chi connectivity index (χ0n) is 12.7. The molecule has 4 heteroatoms. The number of amides is 1. The second-order valence-electron chi connectivity index (χ2n) is 5.07. The summed E-state index contributed by atoms with van der Waals surface area (Å²) in [5, 5.41) is 0. The predicted molar refractivity (Wildman–Crippen MR) is 96.7 cm³/mol. The van der Waals surface area contributed by atoms with E-state index in [9.17, 15) is 4.79 Å². The van der Waals surface area contributed by atoms with Crippen molar-refractivity contribution in [2.24, 2.45) is 0 Å². The Bertz CT molecular complexity index is 899. The summed E-state index contributed by atoms with van der Waals surface area (Å²) < 4.78 is 1.11. The predicted octanol–water partition coefficient (Wildman–Crippen LogP) is 4.53. The van der Waals surface area contributed by atoms with E-state index in [2.05, 4.69) is 10.9 Å². The van der Waals surface area contributed by atoms with Gasteiger partial charge in [-0.25, -0.2) is 4.42 Å². The molecule has 1 amide bonds. The fourth-order valence-electron chi connectivity index (χ4n) is 2.35. The Kier molecular flexibility index (Phi) is 4.60. The Morgan fingerprint density at radius 3 is 2.46 bits per heavy atom. The molecule has 0 fully saturated rings. The first-order chi connectivity index (χ1) is 11.7. The van der Waals surface area contributed by atoms with Crippen molar-refractivity contribution in [2.45, 2.75) is 0 Å². The minimum atomic E-state index is -0.336. The van der Waals surface area contributed by atoms with Crippen molar-refractivity contribution in [1.82, 2.24) is 4.98 Å². The second kappa shape index (κ2) is 6.99. The fraction of sp³-hybridized carbons (Fsp3) is 0. The Morgan fingerprint density at radius 2 is 1.79 bits per heavy atom. The SMILES string of the molecule is C#Cc1ccc(-c2ccccc2N(Cl)C(=O)c2cccnc2)cc1. The van der Waals surface area contributed by atoms with Crippen LogP contribution in [0, 0.1) is 12.3 Å². The van der Waals surface area contributed by atoms with Crippen LogP contribution in [-0.2, 0) is 0 Å². The smallest absolute Gasteiger partial charge is 0.267 e. The minimum absolute atomic E-state index is 0.336. The van der Waals surface area contributed by atoms with Crippen LogP contribution in [0.3, 0.4) is 0 Å². The van der Waals surface area contributed by atoms with Gasteiger partial charge in [-0.15, -0.1) is 6.42 Å². The number of para-hydroxylation sites is 1. The lowest BCUT2D eigenvalue weighted by atomic mass is 10.0. The van der Waals surface area contributed by atoms with Crippen LogP contribution in [0.5, 0.6) is 0 Å². The molecular weight excluding hydrogens is 320 g/mol. The lowest BCUT2D eigenvalue weighted by molar-refractivity contribution is 0.101. The largest absolute Gasteiger partial charge is 0.274 e. The molecule has 0 aliphatic rings. The number of pyridine rings is 1. The zero-order chi connectivity index (χ0) is 16.9. The number of carbonyl (C=O) groups is 1. The maximum Gasteiger partial charge on any atom is 0.274 e. The van der Waals surface area contributed by atoms with E-state index in [1.807, 2.05) is 42.5 Å². The van der Waals surface area contributed by atoms with Crippen LogP contribution in [0.25, 0.3) is 11.1 Å². The normalized spacial score (nSPS) is 10.0. The van der Waals surface area contributed by atoms with Crippen molar-refractivity contribution >= 4 is 23.4 Å². The van der Waals surface area contributed by atoms with Gasteiger partial charge < -0.3 is 0 Å². The third-order valence-corrected chi connectivity index (χ3v) is 3.90. The summed E-state index contributed by atoms with van der Waals surface area (Å²) in [6.45, 7) is 0. The molecule has 0 unspecified atom stereocenters. The molecular formula is C20H13ClN2O. The first-order valence-electron chi connectivity index (χ1n) is 7.27. The molecule has 0 atom stereocenters. The van der Waals surface area contributed by atoms with Gasteiger partial charge in [-0.1, -0.05) is 36.3 Å². The summed E-state index contributed by atoms with van der Waals surface area (Å²) in [7, 11) is 0. The molecule has 3 rings (SSSR count). The van der Waals surface area contributed by atoms with Gasteiger partial charge in [-0.05, 0) is 35.9 Å². The standard InChI is InChI=1S/C20H13ClN2O/c1-2-15-9-11-16(12-10-15)18-7-3-4-8-19(18)23(21)20(24)17-6-5-13-22-14-17/h1,3-14H. The quantitative estimate of drug-likeness (QED) is 0.521. The topological polar surface area (TPSA) is 33.2 Å². The molecule has 0 aliphatic carbocycles. The van der Waals surface area contributed by atoms with E-state index < -0.39 is 0 Å². The van der Waals surface area contributed by atoms with E-state index in [1.165, 1.54) is 6.20 Å². The Morgan fingerprint density at radius 1 is 1.04 bits per heavy atom. The third kappa shape index (κ3) is 3.15. The molecule has 1 aromatic heterocycles. The number of hydrogen-bond acceptors (Lipinski definition) is 2. The van der Waals surface area contributed by atoms with Gasteiger partial charge in [0, 0.05) is 35.3 Å². The molecule has 3 nitrogen and oxygen atoms in total. The van der Waals surface area contributed by atoms with Crippen molar-refractivity contribution in [3.63, 3.8) is 0 Å². The van der Waals surface area contributed by atoms with Gasteiger partial charge in [0.25, 0.3) is 5.91 Å². The van der Waals surface area contributed by atoms with Crippen LogP contribution in [-0.4, -0.2) is 10.9 Å². The fourth-order valence-corrected chi connectivity index (χ4v) is 2.59. The maximum atomic E-state index is 12.6. The van der Waals surface area contributed by atoms with E-state index in [0.717, 1.165) is 21.1 Å². The molecule has 1 heterocycles. The van der Waals surface area contributed by atoms with Crippen LogP contribution in [0.15, 0.2) is 73.1 Å². The van der Waals surface area contributed by atoms with E-state index in [4.69, 9.17) is 18.2 Å².